The van der Waals surface area contributed by atoms with E-state index in [0.29, 0.717) is 10.8 Å². The molecule has 0 fully saturated rings. The molecule has 3 heterocycles. The molecule has 30 heavy (non-hydrogen) atoms. The van der Waals surface area contributed by atoms with Crippen molar-refractivity contribution in [2.24, 2.45) is 4.99 Å². The molecule has 1 atom stereocenters. The van der Waals surface area contributed by atoms with Gasteiger partial charge in [-0.15, -0.1) is 0 Å². The van der Waals surface area contributed by atoms with E-state index < -0.39 is 0 Å². The van der Waals surface area contributed by atoms with Gasteiger partial charge in [-0.2, -0.15) is 0 Å². The summed E-state index contributed by atoms with van der Waals surface area (Å²) in [6.45, 7) is 0. The number of hydrogen-bond donors (Lipinski definition) is 1. The highest BCUT2D eigenvalue weighted by Gasteiger charge is 2.23. The summed E-state index contributed by atoms with van der Waals surface area (Å²) in [7, 11) is 1.66. The number of benzene rings is 2. The second kappa shape index (κ2) is 7.97. The van der Waals surface area contributed by atoms with Gasteiger partial charge in [0, 0.05) is 12.0 Å². The predicted octanol–water partition coefficient (Wildman–Crippen LogP) is 3.01. The van der Waals surface area contributed by atoms with Gasteiger partial charge in [0.1, 0.15) is 28.8 Å². The molecule has 1 unspecified atom stereocenters. The number of nitrogens with one attached hydrogen (secondary N) is 1. The molecule has 0 saturated heterocycles. The maximum absolute atomic E-state index is 6.53. The van der Waals surface area contributed by atoms with Crippen molar-refractivity contribution in [3.63, 3.8) is 0 Å². The lowest BCUT2D eigenvalue weighted by atomic mass is 10.2. The Labute approximate surface area is 181 Å². The molecule has 0 spiro atoms. The standard InChI is InChI=1S/C21H17ClN6OS/c1-29-17-8-4-6-15-13(17)9-28(16-7-3-2-5-14(16)22)18(27-15)10-30-21-19-20(24-11-23-19)25-12-26-21/h2-9,11-12,18H,10H2,1H3,(H,23,24,25,26). The Morgan fingerprint density at radius 3 is 2.90 bits per heavy atom. The van der Waals surface area contributed by atoms with E-state index >= 15 is 0 Å². The third kappa shape index (κ3) is 3.38. The van der Waals surface area contributed by atoms with Crippen LogP contribution in [-0.2, 0) is 0 Å². The maximum Gasteiger partial charge on any atom is 0.161 e. The van der Waals surface area contributed by atoms with Crippen LogP contribution in [0.15, 0.2) is 65.1 Å². The van der Waals surface area contributed by atoms with E-state index in [1.54, 1.807) is 31.5 Å². The lowest BCUT2D eigenvalue weighted by Gasteiger charge is -2.30. The van der Waals surface area contributed by atoms with Crippen LogP contribution in [-0.4, -0.2) is 39.0 Å². The number of H-pyrrole nitrogens is 1. The molecule has 9 heteroatoms. The average molecular weight is 437 g/mol. The molecule has 1 aliphatic heterocycles. The maximum atomic E-state index is 6.53. The molecule has 0 bridgehead atoms. The second-order valence-electron chi connectivity index (χ2n) is 6.58. The number of para-hydroxylation sites is 1. The van der Waals surface area contributed by atoms with Crippen LogP contribution < -0.4 is 20.2 Å². The van der Waals surface area contributed by atoms with E-state index in [9.17, 15) is 0 Å². The van der Waals surface area contributed by atoms with Crippen LogP contribution in [0.3, 0.4) is 0 Å². The number of hydrogen-bond acceptors (Lipinski definition) is 7. The van der Waals surface area contributed by atoms with E-state index in [0.717, 1.165) is 38.2 Å². The Morgan fingerprint density at radius 2 is 2.03 bits per heavy atom. The highest BCUT2D eigenvalue weighted by molar-refractivity contribution is 7.99. The summed E-state index contributed by atoms with van der Waals surface area (Å²) in [6, 6.07) is 13.6. The van der Waals surface area contributed by atoms with Gasteiger partial charge in [-0.1, -0.05) is 41.6 Å². The highest BCUT2D eigenvalue weighted by atomic mass is 35.5. The lowest BCUT2D eigenvalue weighted by molar-refractivity contribution is 0.410. The molecule has 2 aromatic heterocycles. The molecule has 2 aromatic carbocycles. The van der Waals surface area contributed by atoms with Gasteiger partial charge in [-0.25, -0.2) is 15.0 Å². The number of methoxy groups -OCH3 is 1. The highest BCUT2D eigenvalue weighted by Crippen LogP contribution is 2.31. The first-order chi connectivity index (χ1) is 14.7. The van der Waals surface area contributed by atoms with Crippen LogP contribution in [0.2, 0.25) is 5.02 Å². The Kier molecular flexibility index (Phi) is 5.02. The fourth-order valence-corrected chi connectivity index (χ4v) is 4.59. The van der Waals surface area contributed by atoms with Crippen molar-refractivity contribution < 1.29 is 4.74 Å². The number of aromatic nitrogens is 4. The van der Waals surface area contributed by atoms with Crippen LogP contribution >= 0.6 is 23.4 Å². The molecule has 0 radical (unpaired) electrons. The fourth-order valence-electron chi connectivity index (χ4n) is 3.41. The molecule has 1 aliphatic rings. The molecular formula is C21H17ClN6OS. The van der Waals surface area contributed by atoms with Crippen molar-refractivity contribution in [1.82, 2.24) is 19.9 Å². The van der Waals surface area contributed by atoms with Crippen molar-refractivity contribution in [1.29, 1.82) is 0 Å². The van der Waals surface area contributed by atoms with E-state index in [2.05, 4.69) is 31.0 Å². The van der Waals surface area contributed by atoms with Gasteiger partial charge in [-0.05, 0) is 24.3 Å². The SMILES string of the molecule is COc1cccc2c1=CN(c1ccccc1Cl)C(CSc1ncnc3[nH]cnc13)N=2. The normalized spacial score (nSPS) is 15.4. The summed E-state index contributed by atoms with van der Waals surface area (Å²) in [5.41, 5.74) is 2.36. The molecular weight excluding hydrogens is 420 g/mol. The first kappa shape index (κ1) is 18.9. The van der Waals surface area contributed by atoms with Gasteiger partial charge < -0.3 is 14.6 Å². The monoisotopic (exact) mass is 436 g/mol. The summed E-state index contributed by atoms with van der Waals surface area (Å²) in [4.78, 5) is 23.1. The molecule has 0 amide bonds. The van der Waals surface area contributed by atoms with Gasteiger partial charge in [0.2, 0.25) is 0 Å². The number of thioether (sulfide) groups is 1. The van der Waals surface area contributed by atoms with Crippen LogP contribution in [0.5, 0.6) is 5.75 Å². The van der Waals surface area contributed by atoms with E-state index in [1.165, 1.54) is 0 Å². The average Bonchev–Trinajstić information content (AvgIpc) is 3.26. The fraction of sp³-hybridized carbons (Fsp3) is 0.143. The number of aromatic amines is 1. The number of ether oxygens (including phenoxy) is 1. The van der Waals surface area contributed by atoms with Crippen LogP contribution in [0.25, 0.3) is 17.4 Å². The summed E-state index contributed by atoms with van der Waals surface area (Å²) in [6.07, 6.45) is 5.04. The molecule has 0 saturated carbocycles. The molecule has 4 aromatic rings. The summed E-state index contributed by atoms with van der Waals surface area (Å²) >= 11 is 8.11. The van der Waals surface area contributed by atoms with Gasteiger partial charge in [0.05, 0.1) is 34.7 Å². The molecule has 0 aliphatic carbocycles. The number of nitrogens with zero attached hydrogens (tertiary/aromatic N) is 5. The second-order valence-corrected chi connectivity index (χ2v) is 8.00. The first-order valence-corrected chi connectivity index (χ1v) is 10.6. The number of anilines is 1. The molecule has 7 nitrogen and oxygen atoms in total. The van der Waals surface area contributed by atoms with Crippen molar-refractivity contribution in [2.45, 2.75) is 11.2 Å². The number of rotatable bonds is 5. The summed E-state index contributed by atoms with van der Waals surface area (Å²) in [5, 5.41) is 3.29. The Balaban J connectivity index is 1.56. The summed E-state index contributed by atoms with van der Waals surface area (Å²) < 4.78 is 5.55. The van der Waals surface area contributed by atoms with Crippen molar-refractivity contribution >= 4 is 46.4 Å². The van der Waals surface area contributed by atoms with Crippen LogP contribution in [0, 0.1) is 0 Å². The van der Waals surface area contributed by atoms with Crippen molar-refractivity contribution in [3.8, 4) is 5.75 Å². The number of imidazole rings is 1. The molecule has 150 valence electrons. The smallest absolute Gasteiger partial charge is 0.161 e. The zero-order chi connectivity index (χ0) is 20.5. The summed E-state index contributed by atoms with van der Waals surface area (Å²) in [5.74, 6) is 1.42. The van der Waals surface area contributed by atoms with E-state index in [1.807, 2.05) is 42.5 Å². The Bertz CT molecular complexity index is 1340. The third-order valence-electron chi connectivity index (χ3n) is 4.82. The van der Waals surface area contributed by atoms with Crippen LogP contribution in [0.4, 0.5) is 5.69 Å². The minimum Gasteiger partial charge on any atom is -0.496 e. The van der Waals surface area contributed by atoms with E-state index in [-0.39, 0.29) is 6.17 Å². The predicted molar refractivity (Wildman–Crippen MR) is 118 cm³/mol. The van der Waals surface area contributed by atoms with Gasteiger partial charge >= 0.3 is 0 Å². The van der Waals surface area contributed by atoms with Gasteiger partial charge in [0.25, 0.3) is 0 Å². The minimum absolute atomic E-state index is 0.182. The van der Waals surface area contributed by atoms with Gasteiger partial charge in [-0.3, -0.25) is 4.99 Å². The quantitative estimate of drug-likeness (QED) is 0.382. The molecule has 1 N–H and O–H groups in total. The number of fused-ring (bicyclic) bond motifs is 2. The topological polar surface area (TPSA) is 79.3 Å². The zero-order valence-electron chi connectivity index (χ0n) is 16.0. The largest absolute Gasteiger partial charge is 0.496 e. The number of halogens is 1. The van der Waals surface area contributed by atoms with Gasteiger partial charge in [0.15, 0.2) is 5.65 Å². The van der Waals surface area contributed by atoms with E-state index in [4.69, 9.17) is 21.3 Å². The zero-order valence-corrected chi connectivity index (χ0v) is 17.6. The Hall–Kier alpha value is -3.10. The Morgan fingerprint density at radius 1 is 1.13 bits per heavy atom. The van der Waals surface area contributed by atoms with Crippen molar-refractivity contribution in [2.75, 3.05) is 17.8 Å². The third-order valence-corrected chi connectivity index (χ3v) is 6.18. The van der Waals surface area contributed by atoms with Crippen molar-refractivity contribution in [3.05, 3.63) is 70.7 Å². The molecule has 5 rings (SSSR count). The minimum atomic E-state index is -0.182. The first-order valence-electron chi connectivity index (χ1n) is 9.27. The van der Waals surface area contributed by atoms with Crippen LogP contribution in [0.1, 0.15) is 0 Å². The lowest BCUT2D eigenvalue weighted by Crippen LogP contribution is -2.43.